The van der Waals surface area contributed by atoms with Crippen LogP contribution in [0.4, 0.5) is 18.9 Å². The molecule has 1 aromatic heterocycles. The SMILES string of the molecule is Cc1cc(=O)c(C(=O)Nc2ccc3c(c2)OCCCO3)nn1-c1cccc(C(F)(F)F)c1. The third kappa shape index (κ3) is 4.43. The zero-order chi connectivity index (χ0) is 22.9. The highest BCUT2D eigenvalue weighted by Crippen LogP contribution is 2.32. The summed E-state index contributed by atoms with van der Waals surface area (Å²) in [5.74, 6) is 0.199. The Labute approximate surface area is 180 Å². The molecule has 3 aromatic rings. The first-order chi connectivity index (χ1) is 15.2. The number of anilines is 1. The molecule has 2 heterocycles. The summed E-state index contributed by atoms with van der Waals surface area (Å²) >= 11 is 0. The van der Waals surface area contributed by atoms with Crippen LogP contribution in [0.3, 0.4) is 0 Å². The van der Waals surface area contributed by atoms with Crippen LogP contribution in [0.1, 0.15) is 28.2 Å². The summed E-state index contributed by atoms with van der Waals surface area (Å²) in [6, 6.07) is 10.4. The summed E-state index contributed by atoms with van der Waals surface area (Å²) in [6.07, 6.45) is -3.82. The van der Waals surface area contributed by atoms with Crippen molar-refractivity contribution in [1.29, 1.82) is 0 Å². The van der Waals surface area contributed by atoms with E-state index in [4.69, 9.17) is 9.47 Å². The number of benzene rings is 2. The van der Waals surface area contributed by atoms with E-state index in [9.17, 15) is 22.8 Å². The molecule has 32 heavy (non-hydrogen) atoms. The molecule has 1 aliphatic heterocycles. The van der Waals surface area contributed by atoms with Gasteiger partial charge in [0.25, 0.3) is 5.91 Å². The van der Waals surface area contributed by atoms with Crippen molar-refractivity contribution in [2.24, 2.45) is 0 Å². The van der Waals surface area contributed by atoms with E-state index < -0.39 is 28.8 Å². The predicted octanol–water partition coefficient (Wildman–Crippen LogP) is 3.97. The fourth-order valence-corrected chi connectivity index (χ4v) is 3.21. The number of halogens is 3. The maximum Gasteiger partial charge on any atom is 0.416 e. The standard InChI is InChI=1S/C22H18F3N3O4/c1-13-10-17(29)20(27-28(13)16-5-2-4-14(11-16)22(23,24)25)21(30)26-15-6-7-18-19(12-15)32-9-3-8-31-18/h2,4-7,10-12H,3,8-9H2,1H3,(H,26,30). The van der Waals surface area contributed by atoms with Gasteiger partial charge in [-0.15, -0.1) is 0 Å². The van der Waals surface area contributed by atoms with Gasteiger partial charge < -0.3 is 14.8 Å². The molecule has 0 bridgehead atoms. The van der Waals surface area contributed by atoms with Crippen LogP contribution in [0.5, 0.6) is 11.5 Å². The zero-order valence-corrected chi connectivity index (χ0v) is 16.9. The number of hydrogen-bond acceptors (Lipinski definition) is 5. The van der Waals surface area contributed by atoms with Crippen LogP contribution >= 0.6 is 0 Å². The monoisotopic (exact) mass is 445 g/mol. The van der Waals surface area contributed by atoms with Crippen LogP contribution in [0.2, 0.25) is 0 Å². The number of fused-ring (bicyclic) bond motifs is 1. The maximum absolute atomic E-state index is 13.1. The Bertz CT molecular complexity index is 1240. The third-order valence-corrected chi connectivity index (χ3v) is 4.75. The number of hydrogen-bond donors (Lipinski definition) is 1. The van der Waals surface area contributed by atoms with Crippen molar-refractivity contribution in [2.75, 3.05) is 18.5 Å². The lowest BCUT2D eigenvalue weighted by Crippen LogP contribution is -2.27. The number of ether oxygens (including phenoxy) is 2. The molecule has 10 heteroatoms. The number of nitrogens with zero attached hydrogens (tertiary/aromatic N) is 2. The topological polar surface area (TPSA) is 82.5 Å². The first kappa shape index (κ1) is 21.4. The average molecular weight is 445 g/mol. The van der Waals surface area contributed by atoms with Gasteiger partial charge in [-0.05, 0) is 37.3 Å². The van der Waals surface area contributed by atoms with Crippen LogP contribution in [0.25, 0.3) is 5.69 Å². The Morgan fingerprint density at radius 2 is 1.81 bits per heavy atom. The Hall–Kier alpha value is -3.82. The molecule has 0 saturated carbocycles. The molecular formula is C22H18F3N3O4. The number of aryl methyl sites for hydroxylation is 1. The van der Waals surface area contributed by atoms with E-state index in [1.54, 1.807) is 18.2 Å². The lowest BCUT2D eigenvalue weighted by molar-refractivity contribution is -0.137. The summed E-state index contributed by atoms with van der Waals surface area (Å²) < 4.78 is 51.5. The Morgan fingerprint density at radius 1 is 1.06 bits per heavy atom. The molecule has 0 unspecified atom stereocenters. The van der Waals surface area contributed by atoms with Gasteiger partial charge in [-0.1, -0.05) is 6.07 Å². The van der Waals surface area contributed by atoms with Crippen molar-refractivity contribution in [2.45, 2.75) is 19.5 Å². The van der Waals surface area contributed by atoms with Gasteiger partial charge in [0, 0.05) is 29.9 Å². The molecule has 1 aliphatic rings. The van der Waals surface area contributed by atoms with E-state index in [0.29, 0.717) is 30.4 Å². The van der Waals surface area contributed by atoms with Crippen molar-refractivity contribution < 1.29 is 27.4 Å². The van der Waals surface area contributed by atoms with Crippen molar-refractivity contribution in [3.8, 4) is 17.2 Å². The van der Waals surface area contributed by atoms with Gasteiger partial charge in [-0.3, -0.25) is 9.59 Å². The molecule has 166 valence electrons. The van der Waals surface area contributed by atoms with E-state index in [0.717, 1.165) is 29.3 Å². The van der Waals surface area contributed by atoms with Gasteiger partial charge in [-0.25, -0.2) is 4.68 Å². The summed E-state index contributed by atoms with van der Waals surface area (Å²) in [6.45, 7) is 2.49. The number of nitrogens with one attached hydrogen (secondary N) is 1. The zero-order valence-electron chi connectivity index (χ0n) is 16.9. The van der Waals surface area contributed by atoms with Crippen LogP contribution in [-0.2, 0) is 6.18 Å². The minimum absolute atomic E-state index is 0.0713. The Morgan fingerprint density at radius 3 is 2.56 bits per heavy atom. The number of carbonyl (C=O) groups excluding carboxylic acids is 1. The van der Waals surface area contributed by atoms with E-state index in [-0.39, 0.29) is 11.4 Å². The number of rotatable bonds is 3. The van der Waals surface area contributed by atoms with E-state index in [1.807, 2.05) is 0 Å². The van der Waals surface area contributed by atoms with Gasteiger partial charge in [0.15, 0.2) is 17.2 Å². The fourth-order valence-electron chi connectivity index (χ4n) is 3.21. The van der Waals surface area contributed by atoms with Gasteiger partial charge >= 0.3 is 6.18 Å². The van der Waals surface area contributed by atoms with E-state index in [2.05, 4.69) is 10.4 Å². The summed E-state index contributed by atoms with van der Waals surface area (Å²) in [4.78, 5) is 25.2. The van der Waals surface area contributed by atoms with Gasteiger partial charge in [0.2, 0.25) is 5.43 Å². The van der Waals surface area contributed by atoms with Gasteiger partial charge in [0.1, 0.15) is 0 Å². The molecule has 0 saturated heterocycles. The predicted molar refractivity (Wildman–Crippen MR) is 110 cm³/mol. The van der Waals surface area contributed by atoms with Crippen LogP contribution < -0.4 is 20.2 Å². The molecule has 0 radical (unpaired) electrons. The van der Waals surface area contributed by atoms with Crippen LogP contribution in [0.15, 0.2) is 53.3 Å². The minimum Gasteiger partial charge on any atom is -0.490 e. The lowest BCUT2D eigenvalue weighted by Gasteiger charge is -2.14. The van der Waals surface area contributed by atoms with Crippen molar-refractivity contribution >= 4 is 11.6 Å². The molecular weight excluding hydrogens is 427 g/mol. The first-order valence-electron chi connectivity index (χ1n) is 9.72. The quantitative estimate of drug-likeness (QED) is 0.660. The minimum atomic E-state index is -4.54. The summed E-state index contributed by atoms with van der Waals surface area (Å²) in [7, 11) is 0. The molecule has 7 nitrogen and oxygen atoms in total. The second-order valence-corrected chi connectivity index (χ2v) is 7.12. The number of amides is 1. The molecule has 0 fully saturated rings. The number of aromatic nitrogens is 2. The largest absolute Gasteiger partial charge is 0.490 e. The van der Waals surface area contributed by atoms with E-state index in [1.165, 1.54) is 19.1 Å². The second-order valence-electron chi connectivity index (χ2n) is 7.12. The first-order valence-corrected chi connectivity index (χ1v) is 9.72. The van der Waals surface area contributed by atoms with Crippen molar-refractivity contribution in [3.63, 3.8) is 0 Å². The highest BCUT2D eigenvalue weighted by atomic mass is 19.4. The van der Waals surface area contributed by atoms with Crippen LogP contribution in [-0.4, -0.2) is 28.9 Å². The van der Waals surface area contributed by atoms with E-state index >= 15 is 0 Å². The fraction of sp³-hybridized carbons (Fsp3) is 0.227. The normalized spacial score (nSPS) is 13.4. The highest BCUT2D eigenvalue weighted by molar-refractivity contribution is 6.02. The summed E-state index contributed by atoms with van der Waals surface area (Å²) in [5.41, 5.74) is -1.28. The average Bonchev–Trinajstić information content (AvgIpc) is 2.98. The molecule has 1 amide bonds. The lowest BCUT2D eigenvalue weighted by atomic mass is 10.2. The maximum atomic E-state index is 13.1. The third-order valence-electron chi connectivity index (χ3n) is 4.75. The molecule has 0 aliphatic carbocycles. The summed E-state index contributed by atoms with van der Waals surface area (Å²) in [5, 5.41) is 6.61. The Kier molecular flexibility index (Phi) is 5.60. The number of alkyl halides is 3. The smallest absolute Gasteiger partial charge is 0.416 e. The van der Waals surface area contributed by atoms with Gasteiger partial charge in [-0.2, -0.15) is 18.3 Å². The molecule has 2 aromatic carbocycles. The van der Waals surface area contributed by atoms with Crippen molar-refractivity contribution in [1.82, 2.24) is 9.78 Å². The van der Waals surface area contributed by atoms with Crippen LogP contribution in [0, 0.1) is 6.92 Å². The second kappa shape index (κ2) is 8.37. The number of carbonyl (C=O) groups is 1. The molecule has 0 atom stereocenters. The molecule has 4 rings (SSSR count). The van der Waals surface area contributed by atoms with Crippen molar-refractivity contribution in [3.05, 3.63) is 75.7 Å². The molecule has 0 spiro atoms. The highest BCUT2D eigenvalue weighted by Gasteiger charge is 2.30. The van der Waals surface area contributed by atoms with Gasteiger partial charge in [0.05, 0.1) is 24.5 Å². The Balaban J connectivity index is 1.66. The molecule has 1 N–H and O–H groups in total.